The monoisotopic (exact) mass is 412 g/mol. The molecule has 2 amide bonds. The summed E-state index contributed by atoms with van der Waals surface area (Å²) >= 11 is 1.33. The lowest BCUT2D eigenvalue weighted by Gasteiger charge is -2.27. The average molecular weight is 412 g/mol. The molecule has 150 valence electrons. The topological polar surface area (TPSA) is 58.6 Å². The summed E-state index contributed by atoms with van der Waals surface area (Å²) in [6, 6.07) is 9.85. The molecule has 0 spiro atoms. The SMILES string of the molecule is Cc1c(NC(=O)c2sc3ccc(F)cc3c2C)cccc1C(=O)N1CCOCC1. The number of amides is 2. The van der Waals surface area contributed by atoms with Gasteiger partial charge in [0.2, 0.25) is 0 Å². The van der Waals surface area contributed by atoms with Gasteiger partial charge in [0.15, 0.2) is 0 Å². The van der Waals surface area contributed by atoms with Gasteiger partial charge in [0.05, 0.1) is 18.1 Å². The highest BCUT2D eigenvalue weighted by atomic mass is 32.1. The number of thiophene rings is 1. The molecule has 2 heterocycles. The Labute approximate surface area is 172 Å². The number of aryl methyl sites for hydroxylation is 1. The largest absolute Gasteiger partial charge is 0.378 e. The Morgan fingerprint density at radius 1 is 1.10 bits per heavy atom. The number of morpholine rings is 1. The maximum Gasteiger partial charge on any atom is 0.266 e. The van der Waals surface area contributed by atoms with Gasteiger partial charge in [-0.3, -0.25) is 9.59 Å². The molecule has 1 saturated heterocycles. The number of hydrogen-bond donors (Lipinski definition) is 1. The average Bonchev–Trinajstić information content (AvgIpc) is 3.06. The molecule has 1 aliphatic heterocycles. The molecule has 1 fully saturated rings. The quantitative estimate of drug-likeness (QED) is 0.695. The van der Waals surface area contributed by atoms with Crippen molar-refractivity contribution in [1.29, 1.82) is 0 Å². The second-order valence-corrected chi connectivity index (χ2v) is 8.09. The summed E-state index contributed by atoms with van der Waals surface area (Å²) in [5.74, 6) is -0.644. The number of rotatable bonds is 3. The van der Waals surface area contributed by atoms with Crippen LogP contribution in [0.4, 0.5) is 10.1 Å². The zero-order valence-electron chi connectivity index (χ0n) is 16.3. The molecule has 0 bridgehead atoms. The van der Waals surface area contributed by atoms with Gasteiger partial charge >= 0.3 is 0 Å². The van der Waals surface area contributed by atoms with Crippen LogP contribution in [0, 0.1) is 19.7 Å². The van der Waals surface area contributed by atoms with E-state index in [4.69, 9.17) is 4.74 Å². The van der Waals surface area contributed by atoms with Gasteiger partial charge in [-0.2, -0.15) is 0 Å². The molecular formula is C22H21FN2O3S. The Morgan fingerprint density at radius 3 is 2.62 bits per heavy atom. The number of carbonyl (C=O) groups is 2. The fourth-order valence-corrected chi connectivity index (χ4v) is 4.61. The summed E-state index contributed by atoms with van der Waals surface area (Å²) in [4.78, 5) is 28.1. The predicted octanol–water partition coefficient (Wildman–Crippen LogP) is 4.38. The maximum absolute atomic E-state index is 13.6. The Hall–Kier alpha value is -2.77. The number of fused-ring (bicyclic) bond motifs is 1. The molecule has 0 radical (unpaired) electrons. The summed E-state index contributed by atoms with van der Waals surface area (Å²) in [7, 11) is 0. The van der Waals surface area contributed by atoms with Crippen molar-refractivity contribution in [1.82, 2.24) is 4.90 Å². The molecule has 2 aromatic carbocycles. The third-order valence-electron chi connectivity index (χ3n) is 5.22. The Kier molecular flexibility index (Phi) is 5.34. The van der Waals surface area contributed by atoms with Crippen LogP contribution in [0.3, 0.4) is 0 Å². The van der Waals surface area contributed by atoms with Crippen molar-refractivity contribution >= 4 is 38.9 Å². The number of hydrogen-bond acceptors (Lipinski definition) is 4. The fourth-order valence-electron chi connectivity index (χ4n) is 3.53. The maximum atomic E-state index is 13.6. The van der Waals surface area contributed by atoms with Gasteiger partial charge in [0.1, 0.15) is 5.82 Å². The molecule has 0 atom stereocenters. The summed E-state index contributed by atoms with van der Waals surface area (Å²) in [6.45, 7) is 5.84. The normalized spacial score (nSPS) is 14.2. The molecular weight excluding hydrogens is 391 g/mol. The molecule has 7 heteroatoms. The van der Waals surface area contributed by atoms with E-state index in [0.29, 0.717) is 42.4 Å². The molecule has 3 aromatic rings. The van der Waals surface area contributed by atoms with Crippen LogP contribution in [0.2, 0.25) is 0 Å². The van der Waals surface area contributed by atoms with Crippen LogP contribution in [-0.4, -0.2) is 43.0 Å². The molecule has 5 nitrogen and oxygen atoms in total. The summed E-state index contributed by atoms with van der Waals surface area (Å²) < 4.78 is 19.7. The second kappa shape index (κ2) is 7.93. The standard InChI is InChI=1S/C22H21FN2O3S/c1-13-16(22(27)25-8-10-28-11-9-25)4-3-5-18(13)24-21(26)20-14(2)17-12-15(23)6-7-19(17)29-20/h3-7,12H,8-11H2,1-2H3,(H,24,26). The molecule has 0 saturated carbocycles. The third-order valence-corrected chi connectivity index (χ3v) is 6.49. The highest BCUT2D eigenvalue weighted by molar-refractivity contribution is 7.21. The lowest BCUT2D eigenvalue weighted by atomic mass is 10.0. The van der Waals surface area contributed by atoms with Crippen LogP contribution in [0.25, 0.3) is 10.1 Å². The van der Waals surface area contributed by atoms with E-state index in [-0.39, 0.29) is 17.6 Å². The minimum Gasteiger partial charge on any atom is -0.378 e. The van der Waals surface area contributed by atoms with Crippen molar-refractivity contribution in [3.63, 3.8) is 0 Å². The first-order valence-electron chi connectivity index (χ1n) is 9.42. The summed E-state index contributed by atoms with van der Waals surface area (Å²) in [5, 5.41) is 3.67. The molecule has 1 N–H and O–H groups in total. The third kappa shape index (κ3) is 3.75. The minimum absolute atomic E-state index is 0.0598. The Balaban J connectivity index is 1.60. The molecule has 0 aliphatic carbocycles. The molecule has 29 heavy (non-hydrogen) atoms. The number of benzene rings is 2. The summed E-state index contributed by atoms with van der Waals surface area (Å²) in [5.41, 5.74) is 2.64. The van der Waals surface area contributed by atoms with Gasteiger partial charge in [-0.05, 0) is 60.7 Å². The second-order valence-electron chi connectivity index (χ2n) is 7.03. The van der Waals surface area contributed by atoms with E-state index < -0.39 is 0 Å². The first kappa shape index (κ1) is 19.5. The van der Waals surface area contributed by atoms with Crippen LogP contribution < -0.4 is 5.32 Å². The van der Waals surface area contributed by atoms with Gasteiger partial charge in [-0.25, -0.2) is 4.39 Å². The van der Waals surface area contributed by atoms with E-state index >= 15 is 0 Å². The summed E-state index contributed by atoms with van der Waals surface area (Å²) in [6.07, 6.45) is 0. The van der Waals surface area contributed by atoms with Crippen LogP contribution in [0.5, 0.6) is 0 Å². The highest BCUT2D eigenvalue weighted by Crippen LogP contribution is 2.32. The zero-order valence-corrected chi connectivity index (χ0v) is 17.1. The fraction of sp³-hybridized carbons (Fsp3) is 0.273. The van der Waals surface area contributed by atoms with Gasteiger partial charge in [0.25, 0.3) is 11.8 Å². The van der Waals surface area contributed by atoms with E-state index in [9.17, 15) is 14.0 Å². The van der Waals surface area contributed by atoms with E-state index in [0.717, 1.165) is 21.2 Å². The number of nitrogens with one attached hydrogen (secondary N) is 1. The number of nitrogens with zero attached hydrogens (tertiary/aromatic N) is 1. The van der Waals surface area contributed by atoms with E-state index in [1.807, 2.05) is 13.8 Å². The van der Waals surface area contributed by atoms with E-state index in [1.165, 1.54) is 23.5 Å². The number of carbonyl (C=O) groups excluding carboxylic acids is 2. The van der Waals surface area contributed by atoms with Gasteiger partial charge in [-0.1, -0.05) is 6.07 Å². The Bertz CT molecular complexity index is 1100. The molecule has 1 aliphatic rings. The number of halogens is 1. The molecule has 0 unspecified atom stereocenters. The highest BCUT2D eigenvalue weighted by Gasteiger charge is 2.22. The van der Waals surface area contributed by atoms with E-state index in [1.54, 1.807) is 29.2 Å². The number of ether oxygens (including phenoxy) is 1. The lowest BCUT2D eigenvalue weighted by molar-refractivity contribution is 0.0302. The minimum atomic E-state index is -0.324. The molecule has 1 aromatic heterocycles. The van der Waals surface area contributed by atoms with Crippen molar-refractivity contribution in [3.8, 4) is 0 Å². The lowest BCUT2D eigenvalue weighted by Crippen LogP contribution is -2.41. The van der Waals surface area contributed by atoms with Crippen molar-refractivity contribution in [2.24, 2.45) is 0 Å². The first-order chi connectivity index (χ1) is 14.0. The number of anilines is 1. The first-order valence-corrected chi connectivity index (χ1v) is 10.2. The van der Waals surface area contributed by atoms with Crippen molar-refractivity contribution in [2.75, 3.05) is 31.6 Å². The van der Waals surface area contributed by atoms with Crippen molar-refractivity contribution in [3.05, 3.63) is 63.8 Å². The van der Waals surface area contributed by atoms with E-state index in [2.05, 4.69) is 5.32 Å². The van der Waals surface area contributed by atoms with Gasteiger partial charge in [-0.15, -0.1) is 11.3 Å². The van der Waals surface area contributed by atoms with Crippen LogP contribution >= 0.6 is 11.3 Å². The van der Waals surface area contributed by atoms with Crippen molar-refractivity contribution in [2.45, 2.75) is 13.8 Å². The molecule has 4 rings (SSSR count). The van der Waals surface area contributed by atoms with Gasteiger partial charge < -0.3 is 15.0 Å². The van der Waals surface area contributed by atoms with Crippen LogP contribution in [0.1, 0.15) is 31.2 Å². The Morgan fingerprint density at radius 2 is 1.86 bits per heavy atom. The van der Waals surface area contributed by atoms with Crippen LogP contribution in [-0.2, 0) is 4.74 Å². The predicted molar refractivity (Wildman–Crippen MR) is 112 cm³/mol. The van der Waals surface area contributed by atoms with Crippen molar-refractivity contribution < 1.29 is 18.7 Å². The zero-order chi connectivity index (χ0) is 20.5. The van der Waals surface area contributed by atoms with Gasteiger partial charge in [0, 0.05) is 29.0 Å². The van der Waals surface area contributed by atoms with Crippen LogP contribution in [0.15, 0.2) is 36.4 Å². The smallest absolute Gasteiger partial charge is 0.266 e.